The Bertz CT molecular complexity index is 395. The van der Waals surface area contributed by atoms with Gasteiger partial charge in [-0.1, -0.05) is 0 Å². The van der Waals surface area contributed by atoms with Gasteiger partial charge in [-0.2, -0.15) is 0 Å². The van der Waals surface area contributed by atoms with E-state index in [1.165, 1.54) is 0 Å². The summed E-state index contributed by atoms with van der Waals surface area (Å²) < 4.78 is 11.3. The van der Waals surface area contributed by atoms with Crippen molar-refractivity contribution in [3.05, 3.63) is 0 Å². The summed E-state index contributed by atoms with van der Waals surface area (Å²) in [6.07, 6.45) is 6.22. The maximum absolute atomic E-state index is 11.5. The van der Waals surface area contributed by atoms with Crippen molar-refractivity contribution < 1.29 is 19.4 Å². The molecule has 7 unspecified atom stereocenters. The Labute approximate surface area is 107 Å². The average molecular weight is 252 g/mol. The smallest absolute Gasteiger partial charge is 0.306 e. The molecule has 0 spiro atoms. The van der Waals surface area contributed by atoms with Gasteiger partial charge in [0.25, 0.3) is 0 Å². The molecule has 2 heterocycles. The van der Waals surface area contributed by atoms with Crippen LogP contribution in [0, 0.1) is 17.8 Å². The van der Waals surface area contributed by atoms with Crippen LogP contribution in [-0.4, -0.2) is 35.0 Å². The molecule has 7 atom stereocenters. The lowest BCUT2D eigenvalue weighted by Crippen LogP contribution is -2.39. The lowest BCUT2D eigenvalue weighted by molar-refractivity contribution is -0.146. The van der Waals surface area contributed by atoms with Crippen LogP contribution in [0.5, 0.6) is 0 Å². The summed E-state index contributed by atoms with van der Waals surface area (Å²) >= 11 is 0. The molecule has 4 aliphatic rings. The fraction of sp³-hybridized carbons (Fsp3) is 0.929. The average Bonchev–Trinajstić information content (AvgIpc) is 3.19. The van der Waals surface area contributed by atoms with Gasteiger partial charge < -0.3 is 14.6 Å². The summed E-state index contributed by atoms with van der Waals surface area (Å²) in [6, 6.07) is 0. The van der Waals surface area contributed by atoms with Crippen LogP contribution >= 0.6 is 0 Å². The first-order chi connectivity index (χ1) is 8.57. The molecule has 0 bridgehead atoms. The van der Waals surface area contributed by atoms with Gasteiger partial charge in [0.2, 0.25) is 0 Å². The Hall–Kier alpha value is -0.610. The fourth-order valence-corrected chi connectivity index (χ4v) is 4.38. The van der Waals surface area contributed by atoms with Crippen molar-refractivity contribution in [2.75, 3.05) is 0 Å². The third-order valence-electron chi connectivity index (χ3n) is 5.63. The van der Waals surface area contributed by atoms with Crippen molar-refractivity contribution in [3.63, 3.8) is 0 Å². The summed E-state index contributed by atoms with van der Waals surface area (Å²) in [5.41, 5.74) is -0.132. The van der Waals surface area contributed by atoms with Crippen LogP contribution in [0.15, 0.2) is 0 Å². The maximum atomic E-state index is 11.5. The lowest BCUT2D eigenvalue weighted by Gasteiger charge is -2.36. The molecular formula is C14H20O4. The molecule has 2 saturated carbocycles. The van der Waals surface area contributed by atoms with E-state index in [0.29, 0.717) is 36.6 Å². The van der Waals surface area contributed by atoms with E-state index in [9.17, 15) is 9.90 Å². The highest BCUT2D eigenvalue weighted by Gasteiger charge is 2.61. The quantitative estimate of drug-likeness (QED) is 0.761. The van der Waals surface area contributed by atoms with E-state index in [1.54, 1.807) is 0 Å². The second kappa shape index (κ2) is 3.48. The third-order valence-corrected chi connectivity index (χ3v) is 5.63. The standard InChI is InChI=1S/C14H20O4/c1-14-6-9(13(15)16)8(5-12(14)18-14)7-2-3-10-11(4-7)17-10/h7-12H,2-6H2,1H3,(H,15,16). The van der Waals surface area contributed by atoms with Crippen LogP contribution in [0.1, 0.15) is 39.0 Å². The highest BCUT2D eigenvalue weighted by atomic mass is 16.6. The number of carboxylic acid groups (broad SMARTS) is 1. The fourth-order valence-electron chi connectivity index (χ4n) is 4.38. The second-order valence-corrected chi connectivity index (χ2v) is 6.75. The van der Waals surface area contributed by atoms with Crippen LogP contribution in [0.25, 0.3) is 0 Å². The molecule has 2 aliphatic heterocycles. The van der Waals surface area contributed by atoms with Crippen LogP contribution in [0.3, 0.4) is 0 Å². The van der Waals surface area contributed by atoms with Gasteiger partial charge in [-0.05, 0) is 50.9 Å². The highest BCUT2D eigenvalue weighted by Crippen LogP contribution is 2.56. The predicted octanol–water partition coefficient (Wildman–Crippen LogP) is 1.82. The van der Waals surface area contributed by atoms with Gasteiger partial charge in [-0.3, -0.25) is 4.79 Å². The molecule has 18 heavy (non-hydrogen) atoms. The molecule has 0 radical (unpaired) electrons. The van der Waals surface area contributed by atoms with E-state index >= 15 is 0 Å². The molecule has 0 amide bonds. The molecule has 0 aromatic heterocycles. The van der Waals surface area contributed by atoms with E-state index in [1.807, 2.05) is 0 Å². The molecule has 2 aliphatic carbocycles. The minimum atomic E-state index is -0.631. The van der Waals surface area contributed by atoms with E-state index in [2.05, 4.69) is 6.92 Å². The normalized spacial score (nSPS) is 57.4. The number of hydrogen-bond donors (Lipinski definition) is 1. The Morgan fingerprint density at radius 2 is 2.11 bits per heavy atom. The van der Waals surface area contributed by atoms with Crippen LogP contribution < -0.4 is 0 Å². The van der Waals surface area contributed by atoms with Gasteiger partial charge in [-0.25, -0.2) is 0 Å². The second-order valence-electron chi connectivity index (χ2n) is 6.75. The maximum Gasteiger partial charge on any atom is 0.306 e. The van der Waals surface area contributed by atoms with E-state index in [0.717, 1.165) is 25.7 Å². The highest BCUT2D eigenvalue weighted by molar-refractivity contribution is 5.71. The summed E-state index contributed by atoms with van der Waals surface area (Å²) in [4.78, 5) is 11.5. The first-order valence-electron chi connectivity index (χ1n) is 7.13. The summed E-state index contributed by atoms with van der Waals surface area (Å²) in [5.74, 6) is -0.0140. The Balaban J connectivity index is 1.52. The third kappa shape index (κ3) is 1.62. The van der Waals surface area contributed by atoms with Crippen molar-refractivity contribution in [3.8, 4) is 0 Å². The van der Waals surface area contributed by atoms with Crippen molar-refractivity contribution in [2.45, 2.75) is 62.9 Å². The van der Waals surface area contributed by atoms with E-state index < -0.39 is 5.97 Å². The van der Waals surface area contributed by atoms with Crippen LogP contribution in [0.4, 0.5) is 0 Å². The Morgan fingerprint density at radius 3 is 2.83 bits per heavy atom. The Morgan fingerprint density at radius 1 is 1.28 bits per heavy atom. The number of aliphatic carboxylic acids is 1. The van der Waals surface area contributed by atoms with Crippen molar-refractivity contribution >= 4 is 5.97 Å². The molecular weight excluding hydrogens is 232 g/mol. The predicted molar refractivity (Wildman–Crippen MR) is 63.1 cm³/mol. The number of ether oxygens (including phenoxy) is 2. The molecule has 0 aromatic rings. The van der Waals surface area contributed by atoms with Gasteiger partial charge in [0, 0.05) is 0 Å². The molecule has 4 rings (SSSR count). The van der Waals surface area contributed by atoms with Gasteiger partial charge in [-0.15, -0.1) is 0 Å². The molecule has 4 nitrogen and oxygen atoms in total. The summed E-state index contributed by atoms with van der Waals surface area (Å²) in [7, 11) is 0. The zero-order chi connectivity index (χ0) is 12.5. The summed E-state index contributed by atoms with van der Waals surface area (Å²) in [5, 5.41) is 9.48. The largest absolute Gasteiger partial charge is 0.481 e. The number of hydrogen-bond acceptors (Lipinski definition) is 3. The van der Waals surface area contributed by atoms with Crippen LogP contribution in [-0.2, 0) is 14.3 Å². The van der Waals surface area contributed by atoms with Crippen molar-refractivity contribution in [2.24, 2.45) is 17.8 Å². The topological polar surface area (TPSA) is 62.4 Å². The molecule has 4 heteroatoms. The number of carbonyl (C=O) groups is 1. The van der Waals surface area contributed by atoms with Gasteiger partial charge in [0.15, 0.2) is 0 Å². The van der Waals surface area contributed by atoms with Crippen molar-refractivity contribution in [1.29, 1.82) is 0 Å². The number of epoxide rings is 2. The minimum absolute atomic E-state index is 0.132. The molecule has 100 valence electrons. The van der Waals surface area contributed by atoms with Gasteiger partial charge in [0.1, 0.15) is 0 Å². The minimum Gasteiger partial charge on any atom is -0.481 e. The SMILES string of the molecule is CC12CC(C(=O)O)C(C3CCC4OC4C3)CC1O2. The lowest BCUT2D eigenvalue weighted by atomic mass is 9.66. The number of rotatable bonds is 2. The zero-order valence-electron chi connectivity index (χ0n) is 10.7. The number of carboxylic acids is 1. The first-order valence-corrected chi connectivity index (χ1v) is 7.13. The van der Waals surface area contributed by atoms with Crippen LogP contribution in [0.2, 0.25) is 0 Å². The van der Waals surface area contributed by atoms with Gasteiger partial charge >= 0.3 is 5.97 Å². The Kier molecular flexibility index (Phi) is 2.17. The molecule has 1 N–H and O–H groups in total. The number of fused-ring (bicyclic) bond motifs is 2. The van der Waals surface area contributed by atoms with E-state index in [4.69, 9.17) is 9.47 Å². The monoisotopic (exact) mass is 252 g/mol. The molecule has 0 aromatic carbocycles. The van der Waals surface area contributed by atoms with Gasteiger partial charge in [0.05, 0.1) is 29.8 Å². The zero-order valence-corrected chi connectivity index (χ0v) is 10.7. The molecule has 2 saturated heterocycles. The summed E-state index contributed by atoms with van der Waals surface area (Å²) in [6.45, 7) is 2.06. The molecule has 4 fully saturated rings. The van der Waals surface area contributed by atoms with Crippen molar-refractivity contribution in [1.82, 2.24) is 0 Å². The van der Waals surface area contributed by atoms with E-state index in [-0.39, 0.29) is 11.5 Å². The first kappa shape index (κ1) is 11.2.